The highest BCUT2D eigenvalue weighted by molar-refractivity contribution is 5.76. The van der Waals surface area contributed by atoms with Crippen LogP contribution >= 0.6 is 0 Å². The lowest BCUT2D eigenvalue weighted by atomic mass is 10.2. The molecule has 0 saturated carbocycles. The number of para-hydroxylation sites is 2. The third-order valence-electron chi connectivity index (χ3n) is 4.13. The number of nitrogens with zero attached hydrogens (tertiary/aromatic N) is 1. The molecule has 25 heavy (non-hydrogen) atoms. The van der Waals surface area contributed by atoms with E-state index in [0.717, 1.165) is 18.8 Å². The van der Waals surface area contributed by atoms with Crippen molar-refractivity contribution in [2.75, 3.05) is 37.7 Å². The summed E-state index contributed by atoms with van der Waals surface area (Å²) < 4.78 is 11.3. The van der Waals surface area contributed by atoms with E-state index in [1.54, 1.807) is 0 Å². The third-order valence-corrected chi connectivity index (χ3v) is 4.13. The summed E-state index contributed by atoms with van der Waals surface area (Å²) in [4.78, 5) is 14.3. The molecule has 1 N–H and O–H groups in total. The molecule has 1 saturated heterocycles. The van der Waals surface area contributed by atoms with Crippen molar-refractivity contribution >= 4 is 11.6 Å². The normalized spacial score (nSPS) is 17.1. The molecule has 0 aliphatic carbocycles. The molecule has 1 fully saturated rings. The van der Waals surface area contributed by atoms with Gasteiger partial charge >= 0.3 is 0 Å². The molecular weight excluding hydrogens is 316 g/mol. The average molecular weight is 340 g/mol. The van der Waals surface area contributed by atoms with Crippen LogP contribution in [0.4, 0.5) is 5.69 Å². The van der Waals surface area contributed by atoms with Crippen molar-refractivity contribution in [2.45, 2.75) is 12.5 Å². The molecule has 5 heteroatoms. The van der Waals surface area contributed by atoms with Crippen molar-refractivity contribution in [3.05, 3.63) is 60.7 Å². The van der Waals surface area contributed by atoms with E-state index in [4.69, 9.17) is 9.47 Å². The number of nitrogens with one attached hydrogen (secondary N) is 1. The number of rotatable bonds is 7. The predicted octanol–water partition coefficient (Wildman–Crippen LogP) is 2.48. The lowest BCUT2D eigenvalue weighted by Crippen LogP contribution is -2.47. The summed E-state index contributed by atoms with van der Waals surface area (Å²) in [5, 5.41) is 2.94. The Morgan fingerprint density at radius 2 is 1.84 bits per heavy atom. The Bertz CT molecular complexity index is 649. The zero-order chi connectivity index (χ0) is 17.3. The van der Waals surface area contributed by atoms with Crippen LogP contribution in [0.3, 0.4) is 0 Å². The molecule has 5 nitrogen and oxygen atoms in total. The second kappa shape index (κ2) is 9.08. The van der Waals surface area contributed by atoms with Crippen molar-refractivity contribution in [3.8, 4) is 5.75 Å². The molecule has 1 amide bonds. The number of anilines is 1. The maximum Gasteiger partial charge on any atom is 0.223 e. The maximum atomic E-state index is 12.0. The maximum absolute atomic E-state index is 12.0. The van der Waals surface area contributed by atoms with Crippen LogP contribution in [-0.2, 0) is 9.53 Å². The minimum atomic E-state index is -0.0173. The van der Waals surface area contributed by atoms with Crippen molar-refractivity contribution in [1.29, 1.82) is 0 Å². The van der Waals surface area contributed by atoms with E-state index in [1.165, 1.54) is 5.69 Å². The quantitative estimate of drug-likeness (QED) is 0.841. The Balaban J connectivity index is 1.37. The highest BCUT2D eigenvalue weighted by atomic mass is 16.5. The molecule has 1 aliphatic heterocycles. The first-order chi connectivity index (χ1) is 12.3. The van der Waals surface area contributed by atoms with Gasteiger partial charge in [-0.05, 0) is 24.3 Å². The van der Waals surface area contributed by atoms with Crippen LogP contribution in [-0.4, -0.2) is 44.9 Å². The van der Waals surface area contributed by atoms with Crippen molar-refractivity contribution in [2.24, 2.45) is 0 Å². The van der Waals surface area contributed by atoms with E-state index in [0.29, 0.717) is 26.2 Å². The predicted molar refractivity (Wildman–Crippen MR) is 98.0 cm³/mol. The third kappa shape index (κ3) is 5.50. The van der Waals surface area contributed by atoms with Gasteiger partial charge in [0.2, 0.25) is 5.91 Å². The summed E-state index contributed by atoms with van der Waals surface area (Å²) in [6, 6.07) is 19.8. The van der Waals surface area contributed by atoms with Gasteiger partial charge in [-0.15, -0.1) is 0 Å². The van der Waals surface area contributed by atoms with Crippen molar-refractivity contribution in [3.63, 3.8) is 0 Å². The Morgan fingerprint density at radius 1 is 1.12 bits per heavy atom. The van der Waals surface area contributed by atoms with Gasteiger partial charge in [-0.25, -0.2) is 0 Å². The molecule has 1 unspecified atom stereocenters. The molecule has 132 valence electrons. The summed E-state index contributed by atoms with van der Waals surface area (Å²) in [5.74, 6) is 0.765. The molecule has 0 aromatic heterocycles. The van der Waals surface area contributed by atoms with Gasteiger partial charge in [0.1, 0.15) is 5.75 Å². The second-order valence-corrected chi connectivity index (χ2v) is 5.99. The lowest BCUT2D eigenvalue weighted by molar-refractivity contribution is -0.122. The van der Waals surface area contributed by atoms with E-state index < -0.39 is 0 Å². The second-order valence-electron chi connectivity index (χ2n) is 5.99. The number of carbonyl (C=O) groups excluding carboxylic acids is 1. The first-order valence-electron chi connectivity index (χ1n) is 8.67. The van der Waals surface area contributed by atoms with Crippen molar-refractivity contribution < 1.29 is 14.3 Å². The van der Waals surface area contributed by atoms with Gasteiger partial charge < -0.3 is 19.7 Å². The molecule has 3 rings (SSSR count). The number of benzene rings is 2. The van der Waals surface area contributed by atoms with Crippen LogP contribution in [0.15, 0.2) is 60.7 Å². The van der Waals surface area contributed by atoms with E-state index in [9.17, 15) is 4.79 Å². The van der Waals surface area contributed by atoms with E-state index in [-0.39, 0.29) is 12.0 Å². The number of ether oxygens (including phenoxy) is 2. The Hall–Kier alpha value is -2.53. The molecule has 0 spiro atoms. The number of carbonyl (C=O) groups is 1. The smallest absolute Gasteiger partial charge is 0.223 e. The first-order valence-corrected chi connectivity index (χ1v) is 8.67. The minimum absolute atomic E-state index is 0.00736. The van der Waals surface area contributed by atoms with Crippen LogP contribution in [0.1, 0.15) is 6.42 Å². The van der Waals surface area contributed by atoms with Crippen LogP contribution < -0.4 is 15.0 Å². The van der Waals surface area contributed by atoms with E-state index in [2.05, 4.69) is 22.3 Å². The van der Waals surface area contributed by atoms with Crippen LogP contribution in [0.25, 0.3) is 0 Å². The van der Waals surface area contributed by atoms with Gasteiger partial charge in [0.15, 0.2) is 0 Å². The number of hydrogen-bond acceptors (Lipinski definition) is 4. The van der Waals surface area contributed by atoms with Gasteiger partial charge in [0, 0.05) is 25.3 Å². The molecule has 0 radical (unpaired) electrons. The summed E-state index contributed by atoms with van der Waals surface area (Å²) in [5.41, 5.74) is 1.19. The van der Waals surface area contributed by atoms with Crippen LogP contribution in [0.5, 0.6) is 5.75 Å². The summed E-state index contributed by atoms with van der Waals surface area (Å²) in [6.45, 7) is 3.22. The highest BCUT2D eigenvalue weighted by Gasteiger charge is 2.21. The largest absolute Gasteiger partial charge is 0.493 e. The average Bonchev–Trinajstić information content (AvgIpc) is 2.68. The Morgan fingerprint density at radius 3 is 2.60 bits per heavy atom. The van der Waals surface area contributed by atoms with Gasteiger partial charge in [-0.1, -0.05) is 36.4 Å². The van der Waals surface area contributed by atoms with Crippen LogP contribution in [0, 0.1) is 0 Å². The zero-order valence-corrected chi connectivity index (χ0v) is 14.3. The monoisotopic (exact) mass is 340 g/mol. The first kappa shape index (κ1) is 17.3. The number of amides is 1. The molecule has 1 aliphatic rings. The SMILES string of the molecule is O=C(CCOc1ccccc1)NCC1CN(c2ccccc2)CCO1. The molecule has 0 bridgehead atoms. The fraction of sp³-hybridized carbons (Fsp3) is 0.350. The summed E-state index contributed by atoms with van der Waals surface area (Å²) >= 11 is 0. The van der Waals surface area contributed by atoms with Crippen LogP contribution in [0.2, 0.25) is 0 Å². The topological polar surface area (TPSA) is 50.8 Å². The molecule has 2 aromatic carbocycles. The Labute approximate surface area is 148 Å². The number of morpholine rings is 1. The Kier molecular flexibility index (Phi) is 6.29. The lowest BCUT2D eigenvalue weighted by Gasteiger charge is -2.34. The molecular formula is C20H24N2O3. The summed E-state index contributed by atoms with van der Waals surface area (Å²) in [6.07, 6.45) is 0.345. The van der Waals surface area contributed by atoms with Gasteiger partial charge in [0.05, 0.1) is 25.7 Å². The van der Waals surface area contributed by atoms with Gasteiger partial charge in [-0.3, -0.25) is 4.79 Å². The fourth-order valence-corrected chi connectivity index (χ4v) is 2.81. The molecule has 1 atom stereocenters. The number of hydrogen-bond donors (Lipinski definition) is 1. The van der Waals surface area contributed by atoms with E-state index >= 15 is 0 Å². The summed E-state index contributed by atoms with van der Waals surface area (Å²) in [7, 11) is 0. The van der Waals surface area contributed by atoms with Gasteiger partial charge in [-0.2, -0.15) is 0 Å². The molecule has 1 heterocycles. The standard InChI is InChI=1S/C20H24N2O3/c23-20(11-13-24-18-9-5-2-6-10-18)21-15-19-16-22(12-14-25-19)17-7-3-1-4-8-17/h1-10,19H,11-16H2,(H,21,23). The van der Waals surface area contributed by atoms with Crippen molar-refractivity contribution in [1.82, 2.24) is 5.32 Å². The molecule has 2 aromatic rings. The zero-order valence-electron chi connectivity index (χ0n) is 14.3. The van der Waals surface area contributed by atoms with E-state index in [1.807, 2.05) is 48.5 Å². The minimum Gasteiger partial charge on any atom is -0.493 e. The highest BCUT2D eigenvalue weighted by Crippen LogP contribution is 2.16. The van der Waals surface area contributed by atoms with Gasteiger partial charge in [0.25, 0.3) is 0 Å². The fourth-order valence-electron chi connectivity index (χ4n) is 2.81.